The summed E-state index contributed by atoms with van der Waals surface area (Å²) < 4.78 is 10.9. The Morgan fingerprint density at radius 2 is 2.04 bits per heavy atom. The summed E-state index contributed by atoms with van der Waals surface area (Å²) in [7, 11) is 3.38. The van der Waals surface area contributed by atoms with E-state index in [2.05, 4.69) is 5.32 Å². The Hall–Kier alpha value is -2.97. The molecule has 26 heavy (non-hydrogen) atoms. The molecule has 1 atom stereocenters. The largest absolute Gasteiger partial charge is 0.481 e. The van der Waals surface area contributed by atoms with Gasteiger partial charge in [0.25, 0.3) is 5.91 Å². The average molecular weight is 360 g/mol. The van der Waals surface area contributed by atoms with Gasteiger partial charge in [-0.1, -0.05) is 0 Å². The Morgan fingerprint density at radius 1 is 1.23 bits per heavy atom. The lowest BCUT2D eigenvalue weighted by Crippen LogP contribution is -2.40. The Morgan fingerprint density at radius 3 is 2.77 bits per heavy atom. The molecular weight excluding hydrogens is 340 g/mol. The first-order valence-corrected chi connectivity index (χ1v) is 8.40. The molecule has 3 aliphatic heterocycles. The third-order valence-electron chi connectivity index (χ3n) is 5.04. The van der Waals surface area contributed by atoms with Crippen molar-refractivity contribution < 1.29 is 23.9 Å². The summed E-state index contributed by atoms with van der Waals surface area (Å²) in [5.74, 6) is 0.432. The maximum Gasteiger partial charge on any atom is 0.410 e. The lowest BCUT2D eigenvalue weighted by molar-refractivity contribution is -0.120. The lowest BCUT2D eigenvalue weighted by Gasteiger charge is -2.26. The van der Waals surface area contributed by atoms with E-state index in [4.69, 9.17) is 9.47 Å². The number of nitrogens with zero attached hydrogens (tertiary/aromatic N) is 3. The van der Waals surface area contributed by atoms with Gasteiger partial charge in [0.05, 0.1) is 18.8 Å². The SMILES string of the molecule is CN1CC2(CCN(C(=O)Nc3ccc4c(c3)OCC(=O)N4C)C2)OC1=O. The Labute approximate surface area is 150 Å². The van der Waals surface area contributed by atoms with Gasteiger partial charge in [0.2, 0.25) is 0 Å². The number of anilines is 2. The number of hydrogen-bond donors (Lipinski definition) is 1. The standard InChI is InChI=1S/C17H20N4O5/c1-19-9-17(26-16(19)24)5-6-21(10-17)15(23)18-11-3-4-12-13(7-11)25-8-14(22)20(12)2/h3-4,7H,5-6,8-10H2,1-2H3,(H,18,23). The fraction of sp³-hybridized carbons (Fsp3) is 0.471. The van der Waals surface area contributed by atoms with Crippen LogP contribution in [0.1, 0.15) is 6.42 Å². The molecule has 0 aromatic heterocycles. The molecule has 1 spiro atoms. The number of carbonyl (C=O) groups is 3. The van der Waals surface area contributed by atoms with E-state index in [-0.39, 0.29) is 24.6 Å². The molecule has 138 valence electrons. The first-order valence-electron chi connectivity index (χ1n) is 8.40. The smallest absolute Gasteiger partial charge is 0.410 e. The summed E-state index contributed by atoms with van der Waals surface area (Å²) in [6.45, 7) is 1.36. The Kier molecular flexibility index (Phi) is 3.67. The van der Waals surface area contributed by atoms with Gasteiger partial charge in [0, 0.05) is 38.8 Å². The number of hydrogen-bond acceptors (Lipinski definition) is 5. The molecule has 1 aromatic rings. The molecule has 0 bridgehead atoms. The summed E-state index contributed by atoms with van der Waals surface area (Å²) in [4.78, 5) is 40.5. The number of nitrogens with one attached hydrogen (secondary N) is 1. The lowest BCUT2D eigenvalue weighted by atomic mass is 10.0. The zero-order valence-corrected chi connectivity index (χ0v) is 14.7. The molecular formula is C17H20N4O5. The number of fused-ring (bicyclic) bond motifs is 1. The number of carbonyl (C=O) groups excluding carboxylic acids is 3. The van der Waals surface area contributed by atoms with Gasteiger partial charge in [0.15, 0.2) is 12.2 Å². The quantitative estimate of drug-likeness (QED) is 0.810. The molecule has 1 N–H and O–H groups in total. The number of ether oxygens (including phenoxy) is 2. The maximum absolute atomic E-state index is 12.6. The van der Waals surface area contributed by atoms with Gasteiger partial charge in [-0.3, -0.25) is 4.79 Å². The summed E-state index contributed by atoms with van der Waals surface area (Å²) in [5, 5.41) is 2.84. The highest BCUT2D eigenvalue weighted by Crippen LogP contribution is 2.35. The van der Waals surface area contributed by atoms with E-state index in [1.54, 1.807) is 37.2 Å². The summed E-state index contributed by atoms with van der Waals surface area (Å²) in [6.07, 6.45) is 0.272. The molecule has 3 aliphatic rings. The van der Waals surface area contributed by atoms with Crippen LogP contribution in [0.25, 0.3) is 0 Å². The molecule has 4 rings (SSSR count). The van der Waals surface area contributed by atoms with E-state index in [9.17, 15) is 14.4 Å². The summed E-state index contributed by atoms with van der Waals surface area (Å²) in [5.41, 5.74) is 0.642. The first-order chi connectivity index (χ1) is 12.4. The molecule has 1 unspecified atom stereocenters. The predicted octanol–water partition coefficient (Wildman–Crippen LogP) is 1.10. The fourth-order valence-corrected chi connectivity index (χ4v) is 3.58. The van der Waals surface area contributed by atoms with Crippen LogP contribution in [0.3, 0.4) is 0 Å². The minimum absolute atomic E-state index is 0.0194. The van der Waals surface area contributed by atoms with Gasteiger partial charge in [-0.25, -0.2) is 9.59 Å². The van der Waals surface area contributed by atoms with E-state index in [1.165, 1.54) is 9.80 Å². The molecule has 9 nitrogen and oxygen atoms in total. The van der Waals surface area contributed by atoms with Crippen LogP contribution in [0.2, 0.25) is 0 Å². The zero-order valence-electron chi connectivity index (χ0n) is 14.7. The van der Waals surface area contributed by atoms with Crippen LogP contribution in [0.15, 0.2) is 18.2 Å². The fourth-order valence-electron chi connectivity index (χ4n) is 3.58. The van der Waals surface area contributed by atoms with Crippen LogP contribution in [0.4, 0.5) is 21.0 Å². The second-order valence-electron chi connectivity index (χ2n) is 6.93. The van der Waals surface area contributed by atoms with Crippen molar-refractivity contribution in [3.63, 3.8) is 0 Å². The second-order valence-corrected chi connectivity index (χ2v) is 6.93. The van der Waals surface area contributed by atoms with E-state index in [0.29, 0.717) is 43.2 Å². The number of urea groups is 1. The molecule has 0 aliphatic carbocycles. The number of likely N-dealkylation sites (tertiary alicyclic amines) is 1. The van der Waals surface area contributed by atoms with Crippen LogP contribution < -0.4 is 15.0 Å². The molecule has 0 saturated carbocycles. The topological polar surface area (TPSA) is 91.4 Å². The van der Waals surface area contributed by atoms with Crippen molar-refractivity contribution in [1.29, 1.82) is 0 Å². The van der Waals surface area contributed by atoms with Crippen molar-refractivity contribution in [1.82, 2.24) is 9.80 Å². The minimum Gasteiger partial charge on any atom is -0.481 e. The van der Waals surface area contributed by atoms with Crippen molar-refractivity contribution in [2.24, 2.45) is 0 Å². The van der Waals surface area contributed by atoms with Crippen molar-refractivity contribution in [3.05, 3.63) is 18.2 Å². The van der Waals surface area contributed by atoms with Gasteiger partial charge in [-0.05, 0) is 12.1 Å². The molecule has 9 heteroatoms. The third kappa shape index (κ3) is 2.69. The van der Waals surface area contributed by atoms with E-state index >= 15 is 0 Å². The number of likely N-dealkylation sites (N-methyl/N-ethyl adjacent to an activating group) is 2. The zero-order chi connectivity index (χ0) is 18.5. The van der Waals surface area contributed by atoms with Gasteiger partial charge < -0.3 is 29.5 Å². The van der Waals surface area contributed by atoms with Crippen molar-refractivity contribution in [2.75, 3.05) is 50.6 Å². The highest BCUT2D eigenvalue weighted by atomic mass is 16.6. The van der Waals surface area contributed by atoms with E-state index in [0.717, 1.165) is 0 Å². The van der Waals surface area contributed by atoms with E-state index < -0.39 is 5.60 Å². The highest BCUT2D eigenvalue weighted by molar-refractivity contribution is 5.98. The highest BCUT2D eigenvalue weighted by Gasteiger charge is 2.49. The monoisotopic (exact) mass is 360 g/mol. The van der Waals surface area contributed by atoms with Crippen molar-refractivity contribution in [2.45, 2.75) is 12.0 Å². The Balaban J connectivity index is 1.43. The molecule has 4 amide bonds. The van der Waals surface area contributed by atoms with Gasteiger partial charge >= 0.3 is 12.1 Å². The molecule has 2 saturated heterocycles. The second kappa shape index (κ2) is 5.79. The van der Waals surface area contributed by atoms with Gasteiger partial charge in [0.1, 0.15) is 5.75 Å². The van der Waals surface area contributed by atoms with Gasteiger partial charge in [-0.15, -0.1) is 0 Å². The predicted molar refractivity (Wildman–Crippen MR) is 92.4 cm³/mol. The van der Waals surface area contributed by atoms with Crippen molar-refractivity contribution in [3.8, 4) is 5.75 Å². The number of amides is 4. The molecule has 2 fully saturated rings. The van der Waals surface area contributed by atoms with Crippen LogP contribution >= 0.6 is 0 Å². The third-order valence-corrected chi connectivity index (χ3v) is 5.04. The first kappa shape index (κ1) is 16.5. The average Bonchev–Trinajstić information content (AvgIpc) is 3.14. The minimum atomic E-state index is -0.606. The van der Waals surface area contributed by atoms with Crippen molar-refractivity contribution >= 4 is 29.4 Å². The number of benzene rings is 1. The Bertz CT molecular complexity index is 797. The van der Waals surface area contributed by atoms with Crippen LogP contribution in [0.5, 0.6) is 5.75 Å². The molecule has 1 aromatic carbocycles. The maximum atomic E-state index is 12.6. The van der Waals surface area contributed by atoms with Crippen LogP contribution in [-0.4, -0.2) is 73.8 Å². The molecule has 0 radical (unpaired) electrons. The normalized spacial score (nSPS) is 24.6. The number of rotatable bonds is 1. The molecule has 3 heterocycles. The van der Waals surface area contributed by atoms with E-state index in [1.807, 2.05) is 0 Å². The van der Waals surface area contributed by atoms with Gasteiger partial charge in [-0.2, -0.15) is 0 Å². The van der Waals surface area contributed by atoms with Crippen LogP contribution in [-0.2, 0) is 9.53 Å². The summed E-state index contributed by atoms with van der Waals surface area (Å²) >= 11 is 0. The summed E-state index contributed by atoms with van der Waals surface area (Å²) in [6, 6.07) is 4.91. The van der Waals surface area contributed by atoms with Crippen LogP contribution in [0, 0.1) is 0 Å².